The van der Waals surface area contributed by atoms with Crippen molar-refractivity contribution in [1.29, 1.82) is 0 Å². The fourth-order valence-electron chi connectivity index (χ4n) is 10.2. The number of esters is 4. The third kappa shape index (κ3) is 75.2. The van der Waals surface area contributed by atoms with E-state index in [1.165, 1.54) is 44.9 Å². The molecule has 19 heteroatoms. The van der Waals surface area contributed by atoms with Gasteiger partial charge in [-0.1, -0.05) is 276 Å². The van der Waals surface area contributed by atoms with Crippen molar-refractivity contribution in [3.8, 4) is 0 Å². The summed E-state index contributed by atoms with van der Waals surface area (Å²) in [6, 6.07) is 0. The van der Waals surface area contributed by atoms with Crippen molar-refractivity contribution in [2.24, 2.45) is 0 Å². The van der Waals surface area contributed by atoms with E-state index < -0.39 is 97.5 Å². The average Bonchev–Trinajstić information content (AvgIpc) is 0.939. The van der Waals surface area contributed by atoms with Gasteiger partial charge in [0, 0.05) is 25.7 Å². The first-order valence-electron chi connectivity index (χ1n) is 40.1. The topological polar surface area (TPSA) is 237 Å². The van der Waals surface area contributed by atoms with E-state index in [1.807, 2.05) is 18.2 Å². The number of phosphoric ester groups is 2. The minimum absolute atomic E-state index is 0.0311. The van der Waals surface area contributed by atoms with Gasteiger partial charge in [0.05, 0.1) is 26.4 Å². The van der Waals surface area contributed by atoms with E-state index in [-0.39, 0.29) is 25.7 Å². The van der Waals surface area contributed by atoms with Crippen LogP contribution in [-0.2, 0) is 65.4 Å². The van der Waals surface area contributed by atoms with E-state index in [2.05, 4.69) is 155 Å². The average molecular weight is 1500 g/mol. The molecular weight excluding hydrogens is 1350 g/mol. The van der Waals surface area contributed by atoms with Crippen molar-refractivity contribution in [2.45, 2.75) is 329 Å². The summed E-state index contributed by atoms with van der Waals surface area (Å²) in [5.41, 5.74) is 0. The highest BCUT2D eigenvalue weighted by Crippen LogP contribution is 2.45. The van der Waals surface area contributed by atoms with Gasteiger partial charge in [0.15, 0.2) is 12.2 Å². The summed E-state index contributed by atoms with van der Waals surface area (Å²) in [5, 5.41) is 10.6. The number of carbonyl (C=O) groups is 4. The lowest BCUT2D eigenvalue weighted by Gasteiger charge is -2.21. The third-order valence-electron chi connectivity index (χ3n) is 16.3. The SMILES string of the molecule is CC/C=C\C/C=C\C/C=C\C/C=C\C/C=C\C/C=C\CCC(=O)OCC(COP(=O)(O)OCC(O)COP(=O)(O)OCC(COC(=O)CCCCCCCCC/C=C\C/C=C\C/C=C\CC)OC(=O)CCCCCCC/C=C\C/C=C\CCCCC)OC(=O)CCCCCCC/C=C\CCCCCC. The third-order valence-corrected chi connectivity index (χ3v) is 18.2. The Labute approximate surface area is 630 Å². The number of carbonyl (C=O) groups excluding carboxylic acids is 4. The zero-order valence-electron chi connectivity index (χ0n) is 64.9. The highest BCUT2D eigenvalue weighted by molar-refractivity contribution is 7.47. The number of aliphatic hydroxyl groups is 1. The molecule has 0 bridgehead atoms. The molecule has 0 amide bonds. The number of rotatable bonds is 74. The van der Waals surface area contributed by atoms with Crippen LogP contribution < -0.4 is 0 Å². The molecule has 0 aliphatic carbocycles. The quantitative estimate of drug-likeness (QED) is 0.0169. The van der Waals surface area contributed by atoms with Crippen LogP contribution in [0, 0.1) is 0 Å². The molecule has 0 aromatic carbocycles. The second kappa shape index (κ2) is 76.1. The van der Waals surface area contributed by atoms with Gasteiger partial charge in [-0.05, 0) is 154 Å². The van der Waals surface area contributed by atoms with E-state index in [0.717, 1.165) is 180 Å². The number of hydrogen-bond donors (Lipinski definition) is 3. The fourth-order valence-corrected chi connectivity index (χ4v) is 11.8. The van der Waals surface area contributed by atoms with Gasteiger partial charge in [-0.15, -0.1) is 0 Å². The molecule has 0 radical (unpaired) electrons. The first-order valence-corrected chi connectivity index (χ1v) is 43.1. The summed E-state index contributed by atoms with van der Waals surface area (Å²) < 4.78 is 68.5. The summed E-state index contributed by atoms with van der Waals surface area (Å²) >= 11 is 0. The van der Waals surface area contributed by atoms with Crippen molar-refractivity contribution in [2.75, 3.05) is 39.6 Å². The fraction of sp³-hybridized carbons (Fsp3) is 0.671. The van der Waals surface area contributed by atoms with Gasteiger partial charge in [-0.2, -0.15) is 0 Å². The molecule has 0 aliphatic heterocycles. The molecule has 5 atom stereocenters. The predicted octanol–water partition coefficient (Wildman–Crippen LogP) is 23.4. The minimum atomic E-state index is -5.00. The Hall–Kier alpha value is -5.06. The maximum absolute atomic E-state index is 13.1. The second-order valence-corrected chi connectivity index (χ2v) is 29.1. The minimum Gasteiger partial charge on any atom is -0.462 e. The molecule has 5 unspecified atom stereocenters. The van der Waals surface area contributed by atoms with Crippen LogP contribution >= 0.6 is 15.6 Å². The molecule has 594 valence electrons. The molecule has 0 aliphatic rings. The number of allylic oxidation sites excluding steroid dienone is 24. The molecule has 0 aromatic rings. The standard InChI is InChI=1S/C85H142O17P2/c1-5-9-13-17-21-25-29-33-36-38-39-41-44-47-50-54-58-62-66-70-83(88)95-75-80(101-84(89)71-67-63-59-55-51-45-32-28-24-20-16-12-8-4)77-99-103(91,92)97-73-79(86)74-98-104(93,94)100-78-81(102-85(90)72-68-64-60-56-52-48-42-35-31-27-23-19-15-11-7-3)76-96-82(87)69-65-61-57-53-49-46-43-40-37-34-30-26-22-18-14-10-6-2/h9-10,13-14,21-23,25-28,32-37,39,41-42,47,50,58,62,79-81,86H,5-8,11-12,15-20,24,29-31,38,40,43-46,48-49,51-57,59-61,63-78H2,1-4H3,(H,91,92)(H,93,94)/b13-9-,14-10-,25-21-,26-22-,27-23-,32-28-,36-33-,37-34-,41-39-,42-35-,50-47-,62-58-. The Bertz CT molecular complexity index is 2540. The summed E-state index contributed by atoms with van der Waals surface area (Å²) in [4.78, 5) is 73.0. The van der Waals surface area contributed by atoms with Gasteiger partial charge in [-0.3, -0.25) is 37.3 Å². The van der Waals surface area contributed by atoms with Crippen LogP contribution in [0.15, 0.2) is 146 Å². The Morgan fingerprint density at radius 3 is 0.856 bits per heavy atom. The van der Waals surface area contributed by atoms with E-state index in [0.29, 0.717) is 32.1 Å². The zero-order chi connectivity index (χ0) is 76.0. The van der Waals surface area contributed by atoms with Crippen LogP contribution in [0.1, 0.15) is 310 Å². The number of phosphoric acid groups is 2. The highest BCUT2D eigenvalue weighted by atomic mass is 31.2. The lowest BCUT2D eigenvalue weighted by Crippen LogP contribution is -2.30. The number of aliphatic hydroxyl groups excluding tert-OH is 1. The second-order valence-electron chi connectivity index (χ2n) is 26.2. The van der Waals surface area contributed by atoms with Crippen LogP contribution in [0.3, 0.4) is 0 Å². The Morgan fingerprint density at radius 2 is 0.519 bits per heavy atom. The number of unbranched alkanes of at least 4 members (excludes halogenated alkanes) is 24. The number of ether oxygens (including phenoxy) is 4. The molecule has 0 saturated carbocycles. The molecule has 3 N–H and O–H groups in total. The molecule has 17 nitrogen and oxygen atoms in total. The normalized spacial score (nSPS) is 14.6. The van der Waals surface area contributed by atoms with Crippen LogP contribution in [-0.4, -0.2) is 96.7 Å². The van der Waals surface area contributed by atoms with Gasteiger partial charge < -0.3 is 33.8 Å². The van der Waals surface area contributed by atoms with Crippen molar-refractivity contribution in [3.05, 3.63) is 146 Å². The lowest BCUT2D eigenvalue weighted by atomic mass is 10.1. The van der Waals surface area contributed by atoms with Crippen molar-refractivity contribution < 1.29 is 80.2 Å². The van der Waals surface area contributed by atoms with Gasteiger partial charge in [0.2, 0.25) is 0 Å². The van der Waals surface area contributed by atoms with E-state index in [4.69, 9.17) is 37.0 Å². The molecule has 0 spiro atoms. The largest absolute Gasteiger partial charge is 0.472 e. The number of hydrogen-bond acceptors (Lipinski definition) is 15. The zero-order valence-corrected chi connectivity index (χ0v) is 66.7. The first-order chi connectivity index (χ1) is 50.7. The van der Waals surface area contributed by atoms with E-state index >= 15 is 0 Å². The Balaban J connectivity index is 5.43. The molecule has 0 rings (SSSR count). The van der Waals surface area contributed by atoms with Crippen LogP contribution in [0.5, 0.6) is 0 Å². The molecule has 0 saturated heterocycles. The Kier molecular flexibility index (Phi) is 72.4. The van der Waals surface area contributed by atoms with Crippen LogP contribution in [0.25, 0.3) is 0 Å². The summed E-state index contributed by atoms with van der Waals surface area (Å²) in [7, 11) is -9.99. The van der Waals surface area contributed by atoms with Crippen molar-refractivity contribution >= 4 is 39.5 Å². The van der Waals surface area contributed by atoms with Crippen molar-refractivity contribution in [1.82, 2.24) is 0 Å². The van der Waals surface area contributed by atoms with E-state index in [1.54, 1.807) is 0 Å². The summed E-state index contributed by atoms with van der Waals surface area (Å²) in [6.07, 6.45) is 86.9. The maximum Gasteiger partial charge on any atom is 0.472 e. The monoisotopic (exact) mass is 1500 g/mol. The molecule has 104 heavy (non-hydrogen) atoms. The lowest BCUT2D eigenvalue weighted by molar-refractivity contribution is -0.161. The van der Waals surface area contributed by atoms with Gasteiger partial charge >= 0.3 is 39.5 Å². The molecule has 0 fully saturated rings. The first kappa shape index (κ1) is 98.9. The summed E-state index contributed by atoms with van der Waals surface area (Å²) in [6.45, 7) is 4.49. The van der Waals surface area contributed by atoms with Gasteiger partial charge in [0.25, 0.3) is 0 Å². The van der Waals surface area contributed by atoms with Crippen LogP contribution in [0.2, 0.25) is 0 Å². The Morgan fingerprint density at radius 1 is 0.279 bits per heavy atom. The summed E-state index contributed by atoms with van der Waals surface area (Å²) in [5.74, 6) is -2.31. The smallest absolute Gasteiger partial charge is 0.462 e. The van der Waals surface area contributed by atoms with Gasteiger partial charge in [-0.25, -0.2) is 9.13 Å². The predicted molar refractivity (Wildman–Crippen MR) is 427 cm³/mol. The highest BCUT2D eigenvalue weighted by Gasteiger charge is 2.30. The van der Waals surface area contributed by atoms with Gasteiger partial charge in [0.1, 0.15) is 19.3 Å². The molecular formula is C85H142O17P2. The van der Waals surface area contributed by atoms with E-state index in [9.17, 15) is 43.2 Å². The van der Waals surface area contributed by atoms with Crippen molar-refractivity contribution in [3.63, 3.8) is 0 Å². The van der Waals surface area contributed by atoms with Crippen LogP contribution in [0.4, 0.5) is 0 Å². The maximum atomic E-state index is 13.1. The molecule has 0 heterocycles. The molecule has 0 aromatic heterocycles.